The molecule has 6 nitrogen and oxygen atoms in total. The van der Waals surface area contributed by atoms with Gasteiger partial charge in [-0.15, -0.1) is 0 Å². The van der Waals surface area contributed by atoms with Crippen LogP contribution in [0.5, 0.6) is 0 Å². The van der Waals surface area contributed by atoms with Gasteiger partial charge in [0.2, 0.25) is 5.91 Å². The van der Waals surface area contributed by atoms with Crippen LogP contribution in [0.4, 0.5) is 0 Å². The van der Waals surface area contributed by atoms with E-state index in [-0.39, 0.29) is 11.9 Å². The first-order valence-electron chi connectivity index (χ1n) is 8.35. The van der Waals surface area contributed by atoms with Gasteiger partial charge in [0.05, 0.1) is 17.8 Å². The van der Waals surface area contributed by atoms with Crippen LogP contribution in [0.25, 0.3) is 5.65 Å². The Balaban J connectivity index is 1.44. The molecule has 3 aromatic heterocycles. The van der Waals surface area contributed by atoms with Gasteiger partial charge in [-0.1, -0.05) is 6.07 Å². The number of aryl methyl sites for hydroxylation is 3. The van der Waals surface area contributed by atoms with Crippen LogP contribution in [-0.2, 0) is 24.1 Å². The summed E-state index contributed by atoms with van der Waals surface area (Å²) in [6.07, 6.45) is 6.77. The summed E-state index contributed by atoms with van der Waals surface area (Å²) >= 11 is 0. The predicted molar refractivity (Wildman–Crippen MR) is 90.9 cm³/mol. The van der Waals surface area contributed by atoms with Crippen molar-refractivity contribution in [2.75, 3.05) is 0 Å². The normalized spacial score (nSPS) is 17.0. The zero-order chi connectivity index (χ0) is 16.7. The van der Waals surface area contributed by atoms with E-state index in [0.717, 1.165) is 53.4 Å². The van der Waals surface area contributed by atoms with E-state index in [9.17, 15) is 4.79 Å². The molecule has 6 heteroatoms. The lowest BCUT2D eigenvalue weighted by Gasteiger charge is -2.22. The van der Waals surface area contributed by atoms with Gasteiger partial charge in [-0.05, 0) is 38.3 Å². The number of nitrogens with zero attached hydrogens (tertiary/aromatic N) is 3. The lowest BCUT2D eigenvalue weighted by Crippen LogP contribution is -2.39. The largest absolute Gasteiger partial charge is 0.353 e. The van der Waals surface area contributed by atoms with E-state index >= 15 is 0 Å². The standard InChI is InChI=1S/C18H21N5O/c1-11-4-3-7-23-14(10-19-18(11)23)9-17(24)22-13-5-6-15-16(8-13)21-12(2)20-15/h3-4,7,10,13H,5-6,8-9H2,1-2H3,(H,20,21)(H,22,24). The Morgan fingerprint density at radius 2 is 2.33 bits per heavy atom. The van der Waals surface area contributed by atoms with E-state index < -0.39 is 0 Å². The summed E-state index contributed by atoms with van der Waals surface area (Å²) in [6.45, 7) is 4.00. The van der Waals surface area contributed by atoms with Gasteiger partial charge in [0.25, 0.3) is 0 Å². The number of fused-ring (bicyclic) bond motifs is 2. The van der Waals surface area contributed by atoms with Crippen LogP contribution in [0.15, 0.2) is 24.5 Å². The summed E-state index contributed by atoms with van der Waals surface area (Å²) in [6, 6.07) is 4.18. The van der Waals surface area contributed by atoms with Gasteiger partial charge in [0.1, 0.15) is 11.5 Å². The number of hydrogen-bond donors (Lipinski definition) is 2. The predicted octanol–water partition coefficient (Wildman–Crippen LogP) is 1.89. The average molecular weight is 323 g/mol. The van der Waals surface area contributed by atoms with Crippen molar-refractivity contribution < 1.29 is 4.79 Å². The summed E-state index contributed by atoms with van der Waals surface area (Å²) in [5.41, 5.74) is 5.25. The Labute approximate surface area is 140 Å². The van der Waals surface area contributed by atoms with Crippen LogP contribution < -0.4 is 5.32 Å². The Morgan fingerprint density at radius 1 is 1.46 bits per heavy atom. The summed E-state index contributed by atoms with van der Waals surface area (Å²) < 4.78 is 1.99. The van der Waals surface area contributed by atoms with Gasteiger partial charge in [-0.25, -0.2) is 9.97 Å². The third kappa shape index (κ3) is 2.68. The summed E-state index contributed by atoms with van der Waals surface area (Å²) in [5.74, 6) is 0.996. The minimum absolute atomic E-state index is 0.0444. The lowest BCUT2D eigenvalue weighted by molar-refractivity contribution is -0.121. The fourth-order valence-corrected chi connectivity index (χ4v) is 3.52. The molecule has 1 amide bonds. The second-order valence-corrected chi connectivity index (χ2v) is 6.57. The van der Waals surface area contributed by atoms with E-state index in [1.807, 2.05) is 36.6 Å². The molecule has 24 heavy (non-hydrogen) atoms. The molecule has 1 aliphatic rings. The molecule has 1 aliphatic carbocycles. The summed E-state index contributed by atoms with van der Waals surface area (Å²) in [7, 11) is 0. The number of carbonyl (C=O) groups excluding carboxylic acids is 1. The Kier molecular flexibility index (Phi) is 3.59. The van der Waals surface area contributed by atoms with E-state index in [4.69, 9.17) is 0 Å². The minimum Gasteiger partial charge on any atom is -0.353 e. The van der Waals surface area contributed by atoms with E-state index in [1.54, 1.807) is 6.20 Å². The Morgan fingerprint density at radius 3 is 3.21 bits per heavy atom. The van der Waals surface area contributed by atoms with Crippen LogP contribution in [0.3, 0.4) is 0 Å². The smallest absolute Gasteiger partial charge is 0.226 e. The van der Waals surface area contributed by atoms with Crippen molar-refractivity contribution in [2.24, 2.45) is 0 Å². The first-order valence-corrected chi connectivity index (χ1v) is 8.35. The molecule has 0 aromatic carbocycles. The number of aromatic amines is 1. The number of amides is 1. The first kappa shape index (κ1) is 14.9. The Hall–Kier alpha value is -2.63. The second kappa shape index (κ2) is 5.78. The molecule has 124 valence electrons. The zero-order valence-electron chi connectivity index (χ0n) is 14.0. The number of hydrogen-bond acceptors (Lipinski definition) is 3. The molecule has 0 saturated heterocycles. The molecule has 0 radical (unpaired) electrons. The maximum absolute atomic E-state index is 12.4. The van der Waals surface area contributed by atoms with Crippen LogP contribution in [-0.4, -0.2) is 31.3 Å². The molecule has 0 bridgehead atoms. The molecule has 0 fully saturated rings. The van der Waals surface area contributed by atoms with Gasteiger partial charge < -0.3 is 14.7 Å². The van der Waals surface area contributed by atoms with Crippen molar-refractivity contribution in [2.45, 2.75) is 45.6 Å². The van der Waals surface area contributed by atoms with E-state index in [1.165, 1.54) is 0 Å². The summed E-state index contributed by atoms with van der Waals surface area (Å²) in [4.78, 5) is 24.7. The molecule has 1 atom stereocenters. The molecule has 0 spiro atoms. The zero-order valence-corrected chi connectivity index (χ0v) is 14.0. The lowest BCUT2D eigenvalue weighted by atomic mass is 9.96. The first-order chi connectivity index (χ1) is 11.6. The molecular formula is C18H21N5O. The maximum atomic E-state index is 12.4. The molecule has 0 aliphatic heterocycles. The van der Waals surface area contributed by atoms with Crippen molar-refractivity contribution in [3.8, 4) is 0 Å². The van der Waals surface area contributed by atoms with Crippen molar-refractivity contribution in [1.29, 1.82) is 0 Å². The third-order valence-corrected chi connectivity index (χ3v) is 4.68. The highest BCUT2D eigenvalue weighted by Gasteiger charge is 2.23. The number of rotatable bonds is 3. The van der Waals surface area contributed by atoms with E-state index in [0.29, 0.717) is 6.42 Å². The molecule has 3 aromatic rings. The molecule has 4 rings (SSSR count). The Bertz CT molecular complexity index is 907. The average Bonchev–Trinajstić information content (AvgIpc) is 3.11. The molecular weight excluding hydrogens is 302 g/mol. The molecule has 2 N–H and O–H groups in total. The molecule has 1 unspecified atom stereocenters. The van der Waals surface area contributed by atoms with Gasteiger partial charge in [0, 0.05) is 30.6 Å². The van der Waals surface area contributed by atoms with Gasteiger partial charge in [-0.2, -0.15) is 0 Å². The van der Waals surface area contributed by atoms with Crippen LogP contribution in [0, 0.1) is 13.8 Å². The van der Waals surface area contributed by atoms with E-state index in [2.05, 4.69) is 20.3 Å². The topological polar surface area (TPSA) is 75.1 Å². The fraction of sp³-hybridized carbons (Fsp3) is 0.389. The number of aromatic nitrogens is 4. The number of pyridine rings is 1. The minimum atomic E-state index is 0.0444. The quantitative estimate of drug-likeness (QED) is 0.773. The number of H-pyrrole nitrogens is 1. The third-order valence-electron chi connectivity index (χ3n) is 4.68. The van der Waals surface area contributed by atoms with Crippen LogP contribution in [0.1, 0.15) is 34.9 Å². The molecule has 0 saturated carbocycles. The fourth-order valence-electron chi connectivity index (χ4n) is 3.52. The molecule has 3 heterocycles. The number of carbonyl (C=O) groups is 1. The second-order valence-electron chi connectivity index (χ2n) is 6.57. The highest BCUT2D eigenvalue weighted by molar-refractivity contribution is 5.78. The SMILES string of the molecule is Cc1nc2c([nH]1)CC(NC(=O)Cc1cnc3c(C)cccn13)CC2. The van der Waals surface area contributed by atoms with Gasteiger partial charge >= 0.3 is 0 Å². The monoisotopic (exact) mass is 323 g/mol. The van der Waals surface area contributed by atoms with Crippen molar-refractivity contribution in [1.82, 2.24) is 24.7 Å². The number of nitrogens with one attached hydrogen (secondary N) is 2. The van der Waals surface area contributed by atoms with Crippen molar-refractivity contribution >= 4 is 11.6 Å². The highest BCUT2D eigenvalue weighted by atomic mass is 16.1. The highest BCUT2D eigenvalue weighted by Crippen LogP contribution is 2.19. The summed E-state index contributed by atoms with van der Waals surface area (Å²) in [5, 5.41) is 3.16. The van der Waals surface area contributed by atoms with Crippen molar-refractivity contribution in [3.05, 3.63) is 53.0 Å². The van der Waals surface area contributed by atoms with Gasteiger partial charge in [-0.3, -0.25) is 4.79 Å². The van der Waals surface area contributed by atoms with Crippen LogP contribution >= 0.6 is 0 Å². The van der Waals surface area contributed by atoms with Crippen LogP contribution in [0.2, 0.25) is 0 Å². The van der Waals surface area contributed by atoms with Crippen molar-refractivity contribution in [3.63, 3.8) is 0 Å². The number of imidazole rings is 2. The maximum Gasteiger partial charge on any atom is 0.226 e. The van der Waals surface area contributed by atoms with Gasteiger partial charge in [0.15, 0.2) is 0 Å².